The van der Waals surface area contributed by atoms with Crippen molar-refractivity contribution in [1.82, 2.24) is 0 Å². The maximum atomic E-state index is 11.9. The molecule has 0 spiro atoms. The van der Waals surface area contributed by atoms with Gasteiger partial charge in [-0.1, -0.05) is 70.2 Å². The number of aliphatic hydroxyl groups is 1. The molecular weight excluding hydrogens is 658 g/mol. The molecule has 50 heavy (non-hydrogen) atoms. The first kappa shape index (κ1) is 37.3. The first-order valence-corrected chi connectivity index (χ1v) is 18.7. The molecular formula is C39H49NO9S. The van der Waals surface area contributed by atoms with Crippen LogP contribution in [-0.4, -0.2) is 49.2 Å². The number of rotatable bonds is 12. The second-order valence-corrected chi connectivity index (χ2v) is 16.6. The van der Waals surface area contributed by atoms with Crippen LogP contribution < -0.4 is 19.5 Å². The Morgan fingerprint density at radius 1 is 1.02 bits per heavy atom. The molecule has 2 aliphatic carbocycles. The fourth-order valence-corrected chi connectivity index (χ4v) is 9.06. The van der Waals surface area contributed by atoms with Crippen LogP contribution in [0.3, 0.4) is 0 Å². The quantitative estimate of drug-likeness (QED) is 0.170. The predicted molar refractivity (Wildman–Crippen MR) is 191 cm³/mol. The number of amides is 1. The van der Waals surface area contributed by atoms with Crippen LogP contribution in [0.1, 0.15) is 82.6 Å². The molecule has 3 atom stereocenters. The van der Waals surface area contributed by atoms with Gasteiger partial charge in [0.25, 0.3) is 16.0 Å². The number of carbonyl (C=O) groups is 2. The van der Waals surface area contributed by atoms with Gasteiger partial charge in [0, 0.05) is 18.1 Å². The van der Waals surface area contributed by atoms with E-state index in [1.54, 1.807) is 13.2 Å². The summed E-state index contributed by atoms with van der Waals surface area (Å²) >= 11 is 0. The van der Waals surface area contributed by atoms with Gasteiger partial charge in [-0.25, -0.2) is 0 Å². The van der Waals surface area contributed by atoms with E-state index in [9.17, 15) is 23.1 Å². The molecule has 2 bridgehead atoms. The topological polar surface area (TPSA) is 148 Å². The smallest absolute Gasteiger partial charge is 0.265 e. The number of ether oxygens (including phenoxy) is 3. The third-order valence-corrected chi connectivity index (χ3v) is 11.7. The monoisotopic (exact) mass is 707 g/mol. The van der Waals surface area contributed by atoms with Crippen molar-refractivity contribution < 1.29 is 41.9 Å². The number of hydrogen-bond donors (Lipinski definition) is 3. The largest absolute Gasteiger partial charge is 0.497 e. The Labute approximate surface area is 295 Å². The zero-order valence-corrected chi connectivity index (χ0v) is 30.3. The summed E-state index contributed by atoms with van der Waals surface area (Å²) in [5.74, 6) is 1.60. The number of benzene rings is 3. The van der Waals surface area contributed by atoms with Crippen molar-refractivity contribution >= 4 is 27.5 Å². The number of carbonyl (C=O) groups excluding carboxylic acids is 2. The number of fused-ring (bicyclic) bond motifs is 3. The molecule has 0 aromatic heterocycles. The van der Waals surface area contributed by atoms with Crippen molar-refractivity contribution in [2.24, 2.45) is 22.2 Å². The van der Waals surface area contributed by atoms with E-state index in [1.165, 1.54) is 5.56 Å². The summed E-state index contributed by atoms with van der Waals surface area (Å²) in [6, 6.07) is 21.5. The van der Waals surface area contributed by atoms with Crippen LogP contribution in [0.4, 0.5) is 5.69 Å². The van der Waals surface area contributed by atoms with Gasteiger partial charge in [0.1, 0.15) is 29.6 Å². The average Bonchev–Trinajstić information content (AvgIpc) is 3.40. The van der Waals surface area contributed by atoms with E-state index >= 15 is 0 Å². The highest BCUT2D eigenvalue weighted by Crippen LogP contribution is 2.64. The molecule has 1 amide bonds. The van der Waals surface area contributed by atoms with Crippen molar-refractivity contribution in [3.63, 3.8) is 0 Å². The Kier molecular flexibility index (Phi) is 11.0. The molecule has 0 saturated heterocycles. The maximum Gasteiger partial charge on any atom is 0.265 e. The standard InChI is InChI=1S/C29H33NO5.C10H16O4S/c1-29(2,17-20-9-11-22(33-3)12-10-20)14-13-26(31)24-15-23(34-18-21-7-5-4-6-8-21)16-25-28(24)35-19-27(32)30-25;1-9(2)7-3-4-10(9,8(11)5-7)6-15(12,13)14/h4-12,15-16,26,31H,13-14,17-19H2,1-3H3,(H,30,32);7H,3-6H2,1-2H3,(H,12,13,14)/t26-;7-,10-/m00/s1. The van der Waals surface area contributed by atoms with Crippen LogP contribution in [-0.2, 0) is 32.7 Å². The number of ketones is 1. The second-order valence-electron chi connectivity index (χ2n) is 15.1. The number of Topliss-reactive ketones (excluding diaryl/α,β-unsaturated/α-hetero) is 1. The molecule has 11 heteroatoms. The van der Waals surface area contributed by atoms with Gasteiger partial charge in [-0.05, 0) is 78.2 Å². The Morgan fingerprint density at radius 2 is 1.72 bits per heavy atom. The van der Waals surface area contributed by atoms with Crippen molar-refractivity contribution in [3.05, 3.63) is 83.4 Å². The molecule has 1 aliphatic heterocycles. The minimum Gasteiger partial charge on any atom is -0.497 e. The molecule has 3 aliphatic rings. The minimum atomic E-state index is -4.08. The molecule has 0 radical (unpaired) electrons. The molecule has 270 valence electrons. The lowest BCUT2D eigenvalue weighted by Crippen LogP contribution is -2.42. The van der Waals surface area contributed by atoms with Gasteiger partial charge in [-0.15, -0.1) is 0 Å². The number of anilines is 1. The van der Waals surface area contributed by atoms with E-state index in [0.29, 0.717) is 48.6 Å². The number of methoxy groups -OCH3 is 1. The van der Waals surface area contributed by atoms with E-state index in [4.69, 9.17) is 18.8 Å². The lowest BCUT2D eigenvalue weighted by molar-refractivity contribution is -0.128. The van der Waals surface area contributed by atoms with E-state index < -0.39 is 27.4 Å². The molecule has 10 nitrogen and oxygen atoms in total. The van der Waals surface area contributed by atoms with Crippen molar-refractivity contribution in [3.8, 4) is 17.2 Å². The normalized spacial score (nSPS) is 21.3. The Morgan fingerprint density at radius 3 is 2.32 bits per heavy atom. The van der Waals surface area contributed by atoms with Gasteiger partial charge in [-0.3, -0.25) is 14.1 Å². The minimum absolute atomic E-state index is 0.0152. The van der Waals surface area contributed by atoms with E-state index in [2.05, 4.69) is 31.3 Å². The van der Waals surface area contributed by atoms with Gasteiger partial charge in [0.05, 0.1) is 30.1 Å². The molecule has 2 saturated carbocycles. The van der Waals surface area contributed by atoms with Crippen molar-refractivity contribution in [2.75, 3.05) is 24.8 Å². The van der Waals surface area contributed by atoms with Crippen LogP contribution in [0.2, 0.25) is 0 Å². The third kappa shape index (κ3) is 8.50. The van der Waals surface area contributed by atoms with Gasteiger partial charge >= 0.3 is 0 Å². The summed E-state index contributed by atoms with van der Waals surface area (Å²) in [6.45, 7) is 8.62. The lowest BCUT2D eigenvalue weighted by Gasteiger charge is -2.35. The summed E-state index contributed by atoms with van der Waals surface area (Å²) in [5, 5.41) is 14.0. The molecule has 3 N–H and O–H groups in total. The van der Waals surface area contributed by atoms with Crippen molar-refractivity contribution in [1.29, 1.82) is 0 Å². The SMILES string of the molecule is CC1(C)[C@H]2CC[C@]1(CS(=O)(=O)O)C(=O)C2.COc1ccc(CC(C)(C)CC[C@H](O)c2cc(OCc3ccccc3)cc3c2OCC(=O)N3)cc1. The second kappa shape index (κ2) is 14.7. The van der Waals surface area contributed by atoms with Crippen LogP contribution in [0.25, 0.3) is 0 Å². The molecule has 0 unspecified atom stereocenters. The zero-order chi connectivity index (χ0) is 36.3. The lowest BCUT2D eigenvalue weighted by atomic mass is 9.70. The molecule has 3 aromatic carbocycles. The highest BCUT2D eigenvalue weighted by molar-refractivity contribution is 7.85. The Hall–Kier alpha value is -3.93. The maximum absolute atomic E-state index is 11.9. The van der Waals surface area contributed by atoms with Gasteiger partial charge in [-0.2, -0.15) is 8.42 Å². The fraction of sp³-hybridized carbons (Fsp3) is 0.487. The summed E-state index contributed by atoms with van der Waals surface area (Å²) in [5.41, 5.74) is 2.28. The summed E-state index contributed by atoms with van der Waals surface area (Å²) in [6.07, 6.45) is 3.45. The summed E-state index contributed by atoms with van der Waals surface area (Å²) in [4.78, 5) is 23.8. The van der Waals surface area contributed by atoms with E-state index in [1.807, 2.05) is 62.4 Å². The number of aliphatic hydroxyl groups excluding tert-OH is 1. The van der Waals surface area contributed by atoms with E-state index in [-0.39, 0.29) is 35.0 Å². The average molecular weight is 708 g/mol. The van der Waals surface area contributed by atoms with Crippen LogP contribution in [0.5, 0.6) is 17.2 Å². The number of nitrogens with one attached hydrogen (secondary N) is 1. The first-order chi connectivity index (χ1) is 23.5. The fourth-order valence-electron chi connectivity index (χ4n) is 7.76. The predicted octanol–water partition coefficient (Wildman–Crippen LogP) is 6.96. The van der Waals surface area contributed by atoms with Crippen molar-refractivity contribution in [2.45, 2.75) is 78.9 Å². The number of hydrogen-bond acceptors (Lipinski definition) is 8. The van der Waals surface area contributed by atoms with Gasteiger partial charge in [0.2, 0.25) is 0 Å². The Bertz CT molecular complexity index is 1790. The van der Waals surface area contributed by atoms with Crippen LogP contribution in [0.15, 0.2) is 66.7 Å². The molecule has 3 aromatic rings. The zero-order valence-electron chi connectivity index (χ0n) is 29.5. The highest BCUT2D eigenvalue weighted by Gasteiger charge is 2.65. The summed E-state index contributed by atoms with van der Waals surface area (Å²) < 4.78 is 47.9. The van der Waals surface area contributed by atoms with Gasteiger partial charge < -0.3 is 24.6 Å². The van der Waals surface area contributed by atoms with Crippen LogP contribution >= 0.6 is 0 Å². The van der Waals surface area contributed by atoms with Crippen LogP contribution in [0, 0.1) is 22.2 Å². The summed E-state index contributed by atoms with van der Waals surface area (Å²) in [7, 11) is -2.41. The Balaban J connectivity index is 0.000000269. The highest BCUT2D eigenvalue weighted by atomic mass is 32.2. The molecule has 2 fully saturated rings. The molecule has 1 heterocycles. The first-order valence-electron chi connectivity index (χ1n) is 17.1. The molecule has 6 rings (SSSR count). The van der Waals surface area contributed by atoms with Gasteiger partial charge in [0.15, 0.2) is 6.61 Å². The van der Waals surface area contributed by atoms with E-state index in [0.717, 1.165) is 30.6 Å². The third-order valence-electron chi connectivity index (χ3n) is 10.8.